The minimum atomic E-state index is 0.169. The molecule has 0 aliphatic rings. The maximum Gasteiger partial charge on any atom is 0.175 e. The van der Waals surface area contributed by atoms with E-state index < -0.39 is 0 Å². The average Bonchev–Trinajstić information content (AvgIpc) is 2.94. The highest BCUT2D eigenvalue weighted by Gasteiger charge is 2.21. The zero-order valence-electron chi connectivity index (χ0n) is 12.6. The Bertz CT molecular complexity index is 889. The maximum absolute atomic E-state index is 9.55. The van der Waals surface area contributed by atoms with Gasteiger partial charge in [-0.05, 0) is 18.1 Å². The van der Waals surface area contributed by atoms with Crippen molar-refractivity contribution in [3.05, 3.63) is 52.4 Å². The lowest BCUT2D eigenvalue weighted by Gasteiger charge is -2.11. The number of hydrogen-bond acceptors (Lipinski definition) is 3. The second-order valence-electron chi connectivity index (χ2n) is 5.50. The van der Waals surface area contributed by atoms with Crippen LogP contribution in [0.3, 0.4) is 0 Å². The van der Waals surface area contributed by atoms with Crippen LogP contribution in [0.4, 0.5) is 0 Å². The third-order valence-corrected chi connectivity index (χ3v) is 4.03. The van der Waals surface area contributed by atoms with Gasteiger partial charge in [0.25, 0.3) is 0 Å². The van der Waals surface area contributed by atoms with Gasteiger partial charge in [0.2, 0.25) is 0 Å². The summed E-state index contributed by atoms with van der Waals surface area (Å²) in [6.45, 7) is 5.93. The number of benzene rings is 1. The molecule has 2 heterocycles. The molecule has 0 bridgehead atoms. The van der Waals surface area contributed by atoms with E-state index in [1.54, 1.807) is 4.52 Å². The van der Waals surface area contributed by atoms with Gasteiger partial charge in [0, 0.05) is 11.5 Å². The third kappa shape index (κ3) is 2.15. The van der Waals surface area contributed by atoms with E-state index in [9.17, 15) is 5.26 Å². The van der Waals surface area contributed by atoms with Crippen molar-refractivity contribution in [1.29, 1.82) is 5.26 Å². The Kier molecular flexibility index (Phi) is 3.59. The summed E-state index contributed by atoms with van der Waals surface area (Å²) in [6, 6.07) is 12.0. The highest BCUT2D eigenvalue weighted by Crippen LogP contribution is 2.34. The Labute approximate surface area is 134 Å². The van der Waals surface area contributed by atoms with Gasteiger partial charge in [-0.3, -0.25) is 0 Å². The van der Waals surface area contributed by atoms with Crippen LogP contribution >= 0.6 is 11.6 Å². The summed E-state index contributed by atoms with van der Waals surface area (Å²) in [7, 11) is 0. The first kappa shape index (κ1) is 14.6. The first-order valence-electron chi connectivity index (χ1n) is 7.08. The molecule has 22 heavy (non-hydrogen) atoms. The van der Waals surface area contributed by atoms with E-state index in [1.807, 2.05) is 51.1 Å². The van der Waals surface area contributed by atoms with Crippen molar-refractivity contribution in [2.75, 3.05) is 0 Å². The van der Waals surface area contributed by atoms with E-state index in [1.165, 1.54) is 0 Å². The number of hydrogen-bond donors (Lipinski definition) is 0. The number of nitriles is 1. The van der Waals surface area contributed by atoms with Gasteiger partial charge in [-0.25, -0.2) is 9.50 Å². The fraction of sp³-hybridized carbons (Fsp3) is 0.235. The second kappa shape index (κ2) is 5.43. The minimum Gasteiger partial charge on any atom is -0.210 e. The smallest absolute Gasteiger partial charge is 0.175 e. The largest absolute Gasteiger partial charge is 0.210 e. The van der Waals surface area contributed by atoms with Crippen LogP contribution in [0.25, 0.3) is 16.8 Å². The van der Waals surface area contributed by atoms with Crippen LogP contribution in [0, 0.1) is 18.3 Å². The van der Waals surface area contributed by atoms with E-state index in [-0.39, 0.29) is 5.92 Å². The molecular weight excluding hydrogens is 296 g/mol. The molecule has 0 aliphatic carbocycles. The van der Waals surface area contributed by atoms with E-state index in [0.717, 1.165) is 16.7 Å². The molecule has 5 heteroatoms. The lowest BCUT2D eigenvalue weighted by atomic mass is 9.99. The van der Waals surface area contributed by atoms with Gasteiger partial charge in [0.15, 0.2) is 11.5 Å². The Morgan fingerprint density at radius 3 is 2.50 bits per heavy atom. The molecule has 0 fully saturated rings. The monoisotopic (exact) mass is 310 g/mol. The molecule has 0 radical (unpaired) electrons. The molecule has 110 valence electrons. The van der Waals surface area contributed by atoms with Crippen LogP contribution in [-0.4, -0.2) is 14.6 Å². The molecule has 0 N–H and O–H groups in total. The molecule has 0 unspecified atom stereocenters. The van der Waals surface area contributed by atoms with Crippen molar-refractivity contribution in [2.45, 2.75) is 26.7 Å². The molecule has 2 aromatic heterocycles. The lowest BCUT2D eigenvalue weighted by Crippen LogP contribution is -2.00. The number of nitrogens with zero attached hydrogens (tertiary/aromatic N) is 4. The SMILES string of the molecule is Cc1c(-c2ccccc2)c(Cl)n2nc(C(C)C)nc2c1C#N. The Hall–Kier alpha value is -2.38. The van der Waals surface area contributed by atoms with Crippen molar-refractivity contribution in [3.63, 3.8) is 0 Å². The van der Waals surface area contributed by atoms with Crippen LogP contribution in [0.2, 0.25) is 5.15 Å². The quantitative estimate of drug-likeness (QED) is 0.661. The molecule has 0 spiro atoms. The van der Waals surface area contributed by atoms with Crippen molar-refractivity contribution in [3.8, 4) is 17.2 Å². The number of halogens is 1. The van der Waals surface area contributed by atoms with Crippen LogP contribution in [0.15, 0.2) is 30.3 Å². The number of aromatic nitrogens is 3. The summed E-state index contributed by atoms with van der Waals surface area (Å²) < 4.78 is 1.57. The Morgan fingerprint density at radius 1 is 1.23 bits per heavy atom. The summed E-state index contributed by atoms with van der Waals surface area (Å²) in [4.78, 5) is 4.48. The fourth-order valence-corrected chi connectivity index (χ4v) is 2.87. The molecule has 4 nitrogen and oxygen atoms in total. The average molecular weight is 311 g/mol. The lowest BCUT2D eigenvalue weighted by molar-refractivity contribution is 0.765. The molecule has 0 saturated heterocycles. The van der Waals surface area contributed by atoms with Gasteiger partial charge >= 0.3 is 0 Å². The van der Waals surface area contributed by atoms with Crippen molar-refractivity contribution >= 4 is 17.2 Å². The van der Waals surface area contributed by atoms with Gasteiger partial charge in [-0.15, -0.1) is 5.10 Å². The molecule has 0 atom stereocenters. The van der Waals surface area contributed by atoms with E-state index in [2.05, 4.69) is 16.2 Å². The predicted octanol–water partition coefficient (Wildman–Crippen LogP) is 4.35. The normalized spacial score (nSPS) is 11.1. The maximum atomic E-state index is 9.55. The van der Waals surface area contributed by atoms with Crippen molar-refractivity contribution < 1.29 is 0 Å². The van der Waals surface area contributed by atoms with E-state index >= 15 is 0 Å². The fourth-order valence-electron chi connectivity index (χ4n) is 2.50. The first-order chi connectivity index (χ1) is 10.5. The van der Waals surface area contributed by atoms with Gasteiger partial charge in [0.1, 0.15) is 16.8 Å². The summed E-state index contributed by atoms with van der Waals surface area (Å²) in [5.41, 5.74) is 3.65. The highest BCUT2D eigenvalue weighted by molar-refractivity contribution is 6.32. The molecule has 3 rings (SSSR count). The number of rotatable bonds is 2. The number of fused-ring (bicyclic) bond motifs is 1. The zero-order chi connectivity index (χ0) is 15.9. The van der Waals surface area contributed by atoms with Gasteiger partial charge in [0.05, 0.1) is 0 Å². The summed E-state index contributed by atoms with van der Waals surface area (Å²) >= 11 is 6.58. The van der Waals surface area contributed by atoms with Gasteiger partial charge in [-0.2, -0.15) is 5.26 Å². The van der Waals surface area contributed by atoms with E-state index in [0.29, 0.717) is 22.2 Å². The Morgan fingerprint density at radius 2 is 1.91 bits per heavy atom. The topological polar surface area (TPSA) is 54.0 Å². The summed E-state index contributed by atoms with van der Waals surface area (Å²) in [5.74, 6) is 0.853. The second-order valence-corrected chi connectivity index (χ2v) is 5.86. The molecule has 0 aliphatic heterocycles. The van der Waals surface area contributed by atoms with Gasteiger partial charge < -0.3 is 0 Å². The summed E-state index contributed by atoms with van der Waals surface area (Å²) in [6.07, 6.45) is 0. The molecule has 3 aromatic rings. The Balaban J connectivity index is 2.42. The standard InChI is InChI=1S/C17H15ClN4/c1-10(2)16-20-17-13(9-19)11(3)14(15(18)22(17)21-16)12-7-5-4-6-8-12/h4-8,10H,1-3H3. The number of pyridine rings is 1. The van der Waals surface area contributed by atoms with Crippen LogP contribution < -0.4 is 0 Å². The highest BCUT2D eigenvalue weighted by atomic mass is 35.5. The zero-order valence-corrected chi connectivity index (χ0v) is 13.4. The predicted molar refractivity (Wildman–Crippen MR) is 87.0 cm³/mol. The van der Waals surface area contributed by atoms with Crippen LogP contribution in [0.1, 0.15) is 36.7 Å². The first-order valence-corrected chi connectivity index (χ1v) is 7.46. The minimum absolute atomic E-state index is 0.169. The molecule has 0 saturated carbocycles. The third-order valence-electron chi connectivity index (χ3n) is 3.68. The van der Waals surface area contributed by atoms with Crippen LogP contribution in [0.5, 0.6) is 0 Å². The van der Waals surface area contributed by atoms with Crippen molar-refractivity contribution in [1.82, 2.24) is 14.6 Å². The van der Waals surface area contributed by atoms with Gasteiger partial charge in [-0.1, -0.05) is 55.8 Å². The molecule has 0 amide bonds. The van der Waals surface area contributed by atoms with Crippen molar-refractivity contribution in [2.24, 2.45) is 0 Å². The summed E-state index contributed by atoms with van der Waals surface area (Å²) in [5, 5.41) is 14.5. The molecule has 1 aromatic carbocycles. The van der Waals surface area contributed by atoms with E-state index in [4.69, 9.17) is 11.6 Å². The van der Waals surface area contributed by atoms with Crippen LogP contribution in [-0.2, 0) is 0 Å². The molecular formula is C17H15ClN4.